The predicted molar refractivity (Wildman–Crippen MR) is 97.6 cm³/mol. The van der Waals surface area contributed by atoms with Crippen molar-refractivity contribution in [2.75, 3.05) is 33.9 Å². The van der Waals surface area contributed by atoms with E-state index in [2.05, 4.69) is 5.32 Å². The molecule has 1 aliphatic rings. The third-order valence-electron chi connectivity index (χ3n) is 4.45. The van der Waals surface area contributed by atoms with Crippen molar-refractivity contribution in [2.45, 2.75) is 38.6 Å². The molecule has 1 fully saturated rings. The molecule has 0 aromatic heterocycles. The summed E-state index contributed by atoms with van der Waals surface area (Å²) in [6.07, 6.45) is 2.36. The Kier molecular flexibility index (Phi) is 7.56. The van der Waals surface area contributed by atoms with Gasteiger partial charge in [-0.25, -0.2) is 4.79 Å². The minimum atomic E-state index is -0.419. The first-order chi connectivity index (χ1) is 12.6. The lowest BCUT2D eigenvalue weighted by molar-refractivity contribution is -0.132. The number of alkyl carbamates (subject to hydrolysis) is 1. The van der Waals surface area contributed by atoms with Gasteiger partial charge >= 0.3 is 6.09 Å². The highest BCUT2D eigenvalue weighted by atomic mass is 16.5. The number of likely N-dealkylation sites (tertiary alicyclic amines) is 1. The smallest absolute Gasteiger partial charge is 0.407 e. The van der Waals surface area contributed by atoms with Crippen molar-refractivity contribution in [2.24, 2.45) is 0 Å². The van der Waals surface area contributed by atoms with Gasteiger partial charge in [-0.2, -0.15) is 0 Å². The Morgan fingerprint density at radius 3 is 2.69 bits per heavy atom. The molecule has 0 radical (unpaired) electrons. The monoisotopic (exact) mass is 364 g/mol. The molecule has 1 atom stereocenters. The maximum atomic E-state index is 12.5. The molecule has 144 valence electrons. The summed E-state index contributed by atoms with van der Waals surface area (Å²) in [5.74, 6) is 1.43. The van der Waals surface area contributed by atoms with E-state index in [1.165, 1.54) is 0 Å². The molecule has 0 spiro atoms. The normalized spacial score (nSPS) is 16.7. The number of amides is 2. The number of hydrogen-bond donors (Lipinski definition) is 1. The van der Waals surface area contributed by atoms with Crippen molar-refractivity contribution in [3.05, 3.63) is 23.8 Å². The van der Waals surface area contributed by atoms with E-state index in [1.807, 2.05) is 23.1 Å². The van der Waals surface area contributed by atoms with E-state index in [-0.39, 0.29) is 11.9 Å². The number of carbonyl (C=O) groups is 2. The average molecular weight is 364 g/mol. The molecule has 0 unspecified atom stereocenters. The first kappa shape index (κ1) is 19.9. The summed E-state index contributed by atoms with van der Waals surface area (Å²) in [5, 5.41) is 2.82. The van der Waals surface area contributed by atoms with Crippen LogP contribution in [0.15, 0.2) is 18.2 Å². The number of ether oxygens (including phenoxy) is 3. The summed E-state index contributed by atoms with van der Waals surface area (Å²) in [4.78, 5) is 25.9. The summed E-state index contributed by atoms with van der Waals surface area (Å²) in [7, 11) is 3.19. The molecule has 1 saturated heterocycles. The fourth-order valence-electron chi connectivity index (χ4n) is 3.11. The summed E-state index contributed by atoms with van der Waals surface area (Å²) in [5.41, 5.74) is 1.02. The van der Waals surface area contributed by atoms with Crippen LogP contribution in [0.3, 0.4) is 0 Å². The molecule has 0 bridgehead atoms. The topological polar surface area (TPSA) is 77.1 Å². The van der Waals surface area contributed by atoms with E-state index < -0.39 is 6.09 Å². The van der Waals surface area contributed by atoms with E-state index >= 15 is 0 Å². The van der Waals surface area contributed by atoms with Crippen LogP contribution in [0, 0.1) is 0 Å². The van der Waals surface area contributed by atoms with E-state index in [9.17, 15) is 9.59 Å². The lowest BCUT2D eigenvalue weighted by atomic mass is 10.0. The van der Waals surface area contributed by atoms with Gasteiger partial charge < -0.3 is 24.4 Å². The van der Waals surface area contributed by atoms with Gasteiger partial charge in [0, 0.05) is 25.6 Å². The number of hydrogen-bond acceptors (Lipinski definition) is 5. The fraction of sp³-hybridized carbons (Fsp3) is 0.579. The molecule has 1 N–H and O–H groups in total. The summed E-state index contributed by atoms with van der Waals surface area (Å²) < 4.78 is 15.4. The molecule has 2 rings (SSSR count). The zero-order chi connectivity index (χ0) is 18.9. The highest BCUT2D eigenvalue weighted by Gasteiger charge is 2.24. The molecule has 1 aliphatic heterocycles. The number of rotatable bonds is 7. The van der Waals surface area contributed by atoms with Gasteiger partial charge in [-0.05, 0) is 43.9 Å². The Morgan fingerprint density at radius 1 is 1.23 bits per heavy atom. The highest BCUT2D eigenvalue weighted by Crippen LogP contribution is 2.28. The lowest BCUT2D eigenvalue weighted by Gasteiger charge is -2.33. The standard InChI is InChI=1S/C19H28N2O5/c1-4-26-19(23)20-15-6-5-11-21(13-15)18(22)10-8-14-7-9-16(24-2)17(12-14)25-3/h7,9,12,15H,4-6,8,10-11,13H2,1-3H3,(H,20,23)/t15-/m1/s1. The van der Waals surface area contributed by atoms with E-state index in [1.54, 1.807) is 21.1 Å². The molecule has 0 saturated carbocycles. The van der Waals surface area contributed by atoms with Crippen molar-refractivity contribution >= 4 is 12.0 Å². The highest BCUT2D eigenvalue weighted by molar-refractivity contribution is 5.77. The third-order valence-corrected chi connectivity index (χ3v) is 4.45. The SMILES string of the molecule is CCOC(=O)N[C@@H]1CCCN(C(=O)CCc2ccc(OC)c(OC)c2)C1. The van der Waals surface area contributed by atoms with Crippen molar-refractivity contribution in [3.63, 3.8) is 0 Å². The number of methoxy groups -OCH3 is 2. The van der Waals surface area contributed by atoms with Crippen LogP contribution in [-0.2, 0) is 16.0 Å². The number of carbonyl (C=O) groups excluding carboxylic acids is 2. The number of nitrogens with one attached hydrogen (secondary N) is 1. The van der Waals surface area contributed by atoms with E-state index in [0.29, 0.717) is 37.5 Å². The van der Waals surface area contributed by atoms with Gasteiger partial charge in [-0.3, -0.25) is 4.79 Å². The molecule has 7 nitrogen and oxygen atoms in total. The molecule has 2 amide bonds. The van der Waals surface area contributed by atoms with Crippen LogP contribution in [-0.4, -0.2) is 56.9 Å². The minimum Gasteiger partial charge on any atom is -0.493 e. The molecule has 26 heavy (non-hydrogen) atoms. The van der Waals surface area contributed by atoms with E-state index in [0.717, 1.165) is 24.9 Å². The molecule has 0 aliphatic carbocycles. The zero-order valence-electron chi connectivity index (χ0n) is 15.7. The Hall–Kier alpha value is -2.44. The molecule has 1 aromatic rings. The molecule has 1 aromatic carbocycles. The van der Waals surface area contributed by atoms with E-state index in [4.69, 9.17) is 14.2 Å². The summed E-state index contributed by atoms with van der Waals surface area (Å²) in [6, 6.07) is 5.63. The van der Waals surface area contributed by atoms with Gasteiger partial charge in [0.25, 0.3) is 0 Å². The first-order valence-electron chi connectivity index (χ1n) is 8.99. The first-order valence-corrected chi connectivity index (χ1v) is 8.99. The second-order valence-electron chi connectivity index (χ2n) is 6.23. The van der Waals surface area contributed by atoms with Crippen molar-refractivity contribution in [3.8, 4) is 11.5 Å². The Labute approximate surface area is 154 Å². The fourth-order valence-corrected chi connectivity index (χ4v) is 3.11. The van der Waals surface area contributed by atoms with Crippen LogP contribution in [0.4, 0.5) is 4.79 Å². The van der Waals surface area contributed by atoms with Gasteiger partial charge in [0.2, 0.25) is 5.91 Å². The van der Waals surface area contributed by atoms with Crippen LogP contribution in [0.1, 0.15) is 31.7 Å². The maximum Gasteiger partial charge on any atom is 0.407 e. The number of piperidine rings is 1. The van der Waals surface area contributed by atoms with Crippen LogP contribution in [0.5, 0.6) is 11.5 Å². The Balaban J connectivity index is 1.86. The molecule has 1 heterocycles. The number of nitrogens with zero attached hydrogens (tertiary/aromatic N) is 1. The predicted octanol–water partition coefficient (Wildman–Crippen LogP) is 2.37. The van der Waals surface area contributed by atoms with Gasteiger partial charge in [-0.15, -0.1) is 0 Å². The largest absolute Gasteiger partial charge is 0.493 e. The van der Waals surface area contributed by atoms with Crippen LogP contribution < -0.4 is 14.8 Å². The van der Waals surface area contributed by atoms with Gasteiger partial charge in [0.05, 0.1) is 20.8 Å². The molecular weight excluding hydrogens is 336 g/mol. The molecular formula is C19H28N2O5. The number of aryl methyl sites for hydroxylation is 1. The van der Waals surface area contributed by atoms with Gasteiger partial charge in [-0.1, -0.05) is 6.07 Å². The number of benzene rings is 1. The van der Waals surface area contributed by atoms with Crippen LogP contribution >= 0.6 is 0 Å². The van der Waals surface area contributed by atoms with Crippen molar-refractivity contribution < 1.29 is 23.8 Å². The quantitative estimate of drug-likeness (QED) is 0.804. The van der Waals surface area contributed by atoms with Crippen LogP contribution in [0.25, 0.3) is 0 Å². The minimum absolute atomic E-state index is 0.0483. The average Bonchev–Trinajstić information content (AvgIpc) is 2.66. The second-order valence-corrected chi connectivity index (χ2v) is 6.23. The second kappa shape index (κ2) is 9.89. The van der Waals surface area contributed by atoms with Gasteiger partial charge in [0.1, 0.15) is 0 Å². The van der Waals surface area contributed by atoms with Gasteiger partial charge in [0.15, 0.2) is 11.5 Å². The van der Waals surface area contributed by atoms with Crippen molar-refractivity contribution in [1.82, 2.24) is 10.2 Å². The Morgan fingerprint density at radius 2 is 2.00 bits per heavy atom. The lowest BCUT2D eigenvalue weighted by Crippen LogP contribution is -2.49. The van der Waals surface area contributed by atoms with Crippen molar-refractivity contribution in [1.29, 1.82) is 0 Å². The Bertz CT molecular complexity index is 620. The third kappa shape index (κ3) is 5.54. The summed E-state index contributed by atoms with van der Waals surface area (Å²) in [6.45, 7) is 3.37. The maximum absolute atomic E-state index is 12.5. The van der Waals surface area contributed by atoms with Crippen LogP contribution in [0.2, 0.25) is 0 Å². The summed E-state index contributed by atoms with van der Waals surface area (Å²) >= 11 is 0. The molecule has 7 heteroatoms. The zero-order valence-corrected chi connectivity index (χ0v) is 15.7.